The van der Waals surface area contributed by atoms with Crippen LogP contribution in [0.3, 0.4) is 0 Å². The van der Waals surface area contributed by atoms with Crippen molar-refractivity contribution < 1.29 is 14.3 Å². The normalized spacial score (nSPS) is 16.3. The van der Waals surface area contributed by atoms with Gasteiger partial charge in [0.2, 0.25) is 0 Å². The van der Waals surface area contributed by atoms with E-state index in [-0.39, 0.29) is 11.8 Å². The molecule has 2 aromatic rings. The third-order valence-electron chi connectivity index (χ3n) is 3.70. The van der Waals surface area contributed by atoms with Crippen LogP contribution in [0.25, 0.3) is 0 Å². The van der Waals surface area contributed by atoms with Crippen LogP contribution in [0.5, 0.6) is 11.5 Å². The molecular formula is C16H18N2O3S2. The van der Waals surface area contributed by atoms with Crippen molar-refractivity contribution in [2.75, 3.05) is 26.5 Å². The molecule has 1 aliphatic rings. The number of methoxy groups -OCH3 is 1. The molecule has 0 saturated heterocycles. The molecule has 0 radical (unpaired) electrons. The van der Waals surface area contributed by atoms with E-state index in [1.807, 2.05) is 24.5 Å². The Hall–Kier alpha value is -1.73. The van der Waals surface area contributed by atoms with E-state index in [1.54, 1.807) is 24.3 Å². The zero-order valence-corrected chi connectivity index (χ0v) is 14.6. The lowest BCUT2D eigenvalue weighted by atomic mass is 9.96. The largest absolute Gasteiger partial charge is 0.497 e. The van der Waals surface area contributed by atoms with Gasteiger partial charge in [0, 0.05) is 23.9 Å². The SMILES string of the molecule is COc1ccc2c(c1)OC[C@H](CNC(=O)c1csc(SC)n1)C2. The highest BCUT2D eigenvalue weighted by atomic mass is 32.2. The second kappa shape index (κ2) is 7.23. The highest BCUT2D eigenvalue weighted by molar-refractivity contribution is 8.00. The summed E-state index contributed by atoms with van der Waals surface area (Å²) < 4.78 is 11.9. The maximum atomic E-state index is 12.1. The number of hydrogen-bond acceptors (Lipinski definition) is 6. The second-order valence-electron chi connectivity index (χ2n) is 5.27. The third kappa shape index (κ3) is 3.79. The van der Waals surface area contributed by atoms with Crippen LogP contribution in [0, 0.1) is 5.92 Å². The standard InChI is InChI=1S/C16H18N2O3S2/c1-20-12-4-3-11-5-10(8-21-14(11)6-12)7-17-15(19)13-9-23-16(18-13)22-2/h3-4,6,9-10H,5,7-8H2,1-2H3,(H,17,19)/t10-/m0/s1. The minimum atomic E-state index is -0.123. The van der Waals surface area contributed by atoms with E-state index in [4.69, 9.17) is 9.47 Å². The minimum absolute atomic E-state index is 0.123. The molecular weight excluding hydrogens is 332 g/mol. The van der Waals surface area contributed by atoms with Crippen LogP contribution in [0.2, 0.25) is 0 Å². The van der Waals surface area contributed by atoms with Crippen LogP contribution >= 0.6 is 23.1 Å². The number of rotatable bonds is 5. The van der Waals surface area contributed by atoms with Gasteiger partial charge in [-0.3, -0.25) is 4.79 Å². The van der Waals surface area contributed by atoms with Gasteiger partial charge >= 0.3 is 0 Å². The van der Waals surface area contributed by atoms with Crippen molar-refractivity contribution in [3.8, 4) is 11.5 Å². The first kappa shape index (κ1) is 16.1. The highest BCUT2D eigenvalue weighted by Crippen LogP contribution is 2.30. The Kier molecular flexibility index (Phi) is 5.07. The Morgan fingerprint density at radius 1 is 1.57 bits per heavy atom. The number of aromatic nitrogens is 1. The molecule has 1 aliphatic heterocycles. The van der Waals surface area contributed by atoms with Crippen molar-refractivity contribution in [2.45, 2.75) is 10.8 Å². The van der Waals surface area contributed by atoms with E-state index in [1.165, 1.54) is 11.3 Å². The predicted molar refractivity (Wildman–Crippen MR) is 91.9 cm³/mol. The Morgan fingerprint density at radius 3 is 3.17 bits per heavy atom. The smallest absolute Gasteiger partial charge is 0.270 e. The monoisotopic (exact) mass is 350 g/mol. The molecule has 1 atom stereocenters. The van der Waals surface area contributed by atoms with E-state index in [0.29, 0.717) is 18.8 Å². The number of benzene rings is 1. The first-order chi connectivity index (χ1) is 11.2. The Bertz CT molecular complexity index is 702. The van der Waals surface area contributed by atoms with Gasteiger partial charge in [-0.25, -0.2) is 4.98 Å². The number of carbonyl (C=O) groups excluding carboxylic acids is 1. The van der Waals surface area contributed by atoms with E-state index < -0.39 is 0 Å². The predicted octanol–water partition coefficient (Wildman–Crippen LogP) is 2.85. The van der Waals surface area contributed by atoms with E-state index in [0.717, 1.165) is 27.8 Å². The number of hydrogen-bond donors (Lipinski definition) is 1. The van der Waals surface area contributed by atoms with Crippen molar-refractivity contribution in [1.29, 1.82) is 0 Å². The Balaban J connectivity index is 1.56. The molecule has 23 heavy (non-hydrogen) atoms. The number of nitrogens with one attached hydrogen (secondary N) is 1. The van der Waals surface area contributed by atoms with Gasteiger partial charge in [-0.2, -0.15) is 0 Å². The van der Waals surface area contributed by atoms with Gasteiger partial charge in [0.15, 0.2) is 0 Å². The lowest BCUT2D eigenvalue weighted by Crippen LogP contribution is -2.34. The molecule has 0 unspecified atom stereocenters. The van der Waals surface area contributed by atoms with Gasteiger partial charge in [-0.15, -0.1) is 11.3 Å². The number of carbonyl (C=O) groups is 1. The number of fused-ring (bicyclic) bond motifs is 1. The van der Waals surface area contributed by atoms with Crippen LogP contribution in [-0.4, -0.2) is 37.4 Å². The molecule has 1 amide bonds. The lowest BCUT2D eigenvalue weighted by molar-refractivity contribution is 0.0934. The van der Waals surface area contributed by atoms with Crippen LogP contribution in [0.4, 0.5) is 0 Å². The molecule has 1 aromatic heterocycles. The summed E-state index contributed by atoms with van der Waals surface area (Å²) >= 11 is 3.03. The van der Waals surface area contributed by atoms with Crippen molar-refractivity contribution in [3.63, 3.8) is 0 Å². The molecule has 0 bridgehead atoms. The van der Waals surface area contributed by atoms with Crippen LogP contribution in [0.15, 0.2) is 27.9 Å². The molecule has 0 saturated carbocycles. The second-order valence-corrected chi connectivity index (χ2v) is 7.18. The van der Waals surface area contributed by atoms with Gasteiger partial charge in [-0.1, -0.05) is 17.8 Å². The Labute approximate surface area is 143 Å². The fraction of sp³-hybridized carbons (Fsp3) is 0.375. The highest BCUT2D eigenvalue weighted by Gasteiger charge is 2.21. The fourth-order valence-corrected chi connectivity index (χ4v) is 3.70. The molecule has 5 nitrogen and oxygen atoms in total. The molecule has 7 heteroatoms. The van der Waals surface area contributed by atoms with E-state index in [9.17, 15) is 4.79 Å². The average molecular weight is 350 g/mol. The molecule has 2 heterocycles. The topological polar surface area (TPSA) is 60.5 Å². The number of thioether (sulfide) groups is 1. The molecule has 0 fully saturated rings. The van der Waals surface area contributed by atoms with Crippen LogP contribution in [0.1, 0.15) is 16.1 Å². The van der Waals surface area contributed by atoms with Gasteiger partial charge in [-0.05, 0) is 24.3 Å². The number of thiazole rings is 1. The van der Waals surface area contributed by atoms with Crippen LogP contribution < -0.4 is 14.8 Å². The molecule has 1 aromatic carbocycles. The maximum Gasteiger partial charge on any atom is 0.270 e. The average Bonchev–Trinajstić information content (AvgIpc) is 3.08. The lowest BCUT2D eigenvalue weighted by Gasteiger charge is -2.25. The molecule has 1 N–H and O–H groups in total. The summed E-state index contributed by atoms with van der Waals surface area (Å²) in [6, 6.07) is 5.86. The quantitative estimate of drug-likeness (QED) is 0.840. The Morgan fingerprint density at radius 2 is 2.43 bits per heavy atom. The summed E-state index contributed by atoms with van der Waals surface area (Å²) in [6.45, 7) is 1.17. The van der Waals surface area contributed by atoms with Crippen molar-refractivity contribution in [3.05, 3.63) is 34.8 Å². The van der Waals surface area contributed by atoms with Crippen molar-refractivity contribution in [2.24, 2.45) is 5.92 Å². The first-order valence-electron chi connectivity index (χ1n) is 7.27. The fourth-order valence-electron chi connectivity index (χ4n) is 2.46. The van der Waals surface area contributed by atoms with E-state index in [2.05, 4.69) is 10.3 Å². The molecule has 0 aliphatic carbocycles. The third-order valence-corrected chi connectivity index (χ3v) is 5.56. The number of ether oxygens (including phenoxy) is 2. The zero-order valence-electron chi connectivity index (χ0n) is 13.0. The van der Waals surface area contributed by atoms with Crippen LogP contribution in [-0.2, 0) is 6.42 Å². The van der Waals surface area contributed by atoms with Gasteiger partial charge in [0.05, 0.1) is 13.7 Å². The molecule has 0 spiro atoms. The summed E-state index contributed by atoms with van der Waals surface area (Å²) in [5.74, 6) is 1.81. The summed E-state index contributed by atoms with van der Waals surface area (Å²) in [4.78, 5) is 16.4. The van der Waals surface area contributed by atoms with Crippen molar-refractivity contribution >= 4 is 29.0 Å². The zero-order chi connectivity index (χ0) is 16.2. The number of amides is 1. The minimum Gasteiger partial charge on any atom is -0.497 e. The summed E-state index contributed by atoms with van der Waals surface area (Å²) in [6.07, 6.45) is 2.83. The molecule has 122 valence electrons. The summed E-state index contributed by atoms with van der Waals surface area (Å²) in [5, 5.41) is 4.74. The summed E-state index contributed by atoms with van der Waals surface area (Å²) in [5.41, 5.74) is 1.64. The van der Waals surface area contributed by atoms with E-state index >= 15 is 0 Å². The van der Waals surface area contributed by atoms with Gasteiger partial charge in [0.1, 0.15) is 21.5 Å². The maximum absolute atomic E-state index is 12.1. The summed E-state index contributed by atoms with van der Waals surface area (Å²) in [7, 11) is 1.64. The van der Waals surface area contributed by atoms with Gasteiger partial charge < -0.3 is 14.8 Å². The molecule has 3 rings (SSSR count). The van der Waals surface area contributed by atoms with Gasteiger partial charge in [0.25, 0.3) is 5.91 Å². The number of nitrogens with zero attached hydrogens (tertiary/aromatic N) is 1. The first-order valence-corrected chi connectivity index (χ1v) is 9.37. The van der Waals surface area contributed by atoms with Crippen molar-refractivity contribution in [1.82, 2.24) is 10.3 Å².